The van der Waals surface area contributed by atoms with E-state index >= 15 is 0 Å². The number of likely N-dealkylation sites (N-methyl/N-ethyl adjacent to an activating group) is 1. The molecule has 1 aliphatic rings. The highest BCUT2D eigenvalue weighted by atomic mass is 19.1. The van der Waals surface area contributed by atoms with Gasteiger partial charge in [0.25, 0.3) is 0 Å². The number of carbonyl (C=O) groups is 1. The van der Waals surface area contributed by atoms with Crippen molar-refractivity contribution in [3.05, 3.63) is 54.1 Å². The lowest BCUT2D eigenvalue weighted by atomic mass is 10.2. The third-order valence-electron chi connectivity index (χ3n) is 4.13. The molecule has 1 saturated heterocycles. The van der Waals surface area contributed by atoms with Gasteiger partial charge in [0, 0.05) is 39.0 Å². The highest BCUT2D eigenvalue weighted by Crippen LogP contribution is 2.13. The number of rotatable bonds is 5. The normalized spacial score (nSPS) is 20.6. The number of halogens is 1. The van der Waals surface area contributed by atoms with Gasteiger partial charge in [0.2, 0.25) is 5.91 Å². The van der Waals surface area contributed by atoms with Crippen molar-refractivity contribution in [3.63, 3.8) is 0 Å². The maximum absolute atomic E-state index is 13.2. The van der Waals surface area contributed by atoms with Crippen molar-refractivity contribution >= 4 is 5.91 Å². The second-order valence-electron chi connectivity index (χ2n) is 5.95. The van der Waals surface area contributed by atoms with Crippen molar-refractivity contribution in [1.82, 2.24) is 19.8 Å². The van der Waals surface area contributed by atoms with E-state index in [1.54, 1.807) is 18.1 Å². The third kappa shape index (κ3) is 3.76. The zero-order chi connectivity index (χ0) is 16.2. The summed E-state index contributed by atoms with van der Waals surface area (Å²) in [5.74, 6) is 0.735. The van der Waals surface area contributed by atoms with E-state index in [1.165, 1.54) is 5.56 Å². The van der Waals surface area contributed by atoms with Crippen molar-refractivity contribution in [2.45, 2.75) is 31.7 Å². The Kier molecular flexibility index (Phi) is 4.71. The summed E-state index contributed by atoms with van der Waals surface area (Å²) in [6.07, 6.45) is 2.97. The first-order chi connectivity index (χ1) is 11.1. The van der Waals surface area contributed by atoms with Gasteiger partial charge in [-0.15, -0.1) is 0 Å². The van der Waals surface area contributed by atoms with Gasteiger partial charge in [-0.2, -0.15) is 0 Å². The summed E-state index contributed by atoms with van der Waals surface area (Å²) in [6, 6.07) is 9.68. The number of aromatic nitrogens is 2. The third-order valence-corrected chi connectivity index (χ3v) is 4.13. The molecule has 1 fully saturated rings. The molecule has 1 aromatic carbocycles. The summed E-state index contributed by atoms with van der Waals surface area (Å²) >= 11 is 0. The molecule has 3 rings (SSSR count). The lowest BCUT2D eigenvalue weighted by Crippen LogP contribution is -2.41. The van der Waals surface area contributed by atoms with E-state index < -0.39 is 12.2 Å². The maximum Gasteiger partial charge on any atom is 0.239 e. The van der Waals surface area contributed by atoms with E-state index in [4.69, 9.17) is 0 Å². The maximum atomic E-state index is 13.2. The molecule has 0 bridgehead atoms. The lowest BCUT2D eigenvalue weighted by molar-refractivity contribution is -0.132. The van der Waals surface area contributed by atoms with Gasteiger partial charge >= 0.3 is 0 Å². The van der Waals surface area contributed by atoms with Crippen molar-refractivity contribution in [3.8, 4) is 0 Å². The van der Waals surface area contributed by atoms with Crippen molar-refractivity contribution in [2.24, 2.45) is 0 Å². The number of hydrogen-bond donors (Lipinski definition) is 1. The Labute approximate surface area is 135 Å². The molecule has 1 amide bonds. The van der Waals surface area contributed by atoms with Crippen LogP contribution in [0, 0.1) is 0 Å². The van der Waals surface area contributed by atoms with Crippen LogP contribution in [0.25, 0.3) is 0 Å². The van der Waals surface area contributed by atoms with Gasteiger partial charge in [0.05, 0.1) is 12.6 Å². The predicted octanol–water partition coefficient (Wildman–Crippen LogP) is 1.59. The highest BCUT2D eigenvalue weighted by molar-refractivity contribution is 5.82. The van der Waals surface area contributed by atoms with Crippen LogP contribution in [0.15, 0.2) is 42.7 Å². The van der Waals surface area contributed by atoms with Crippen molar-refractivity contribution < 1.29 is 9.18 Å². The Bertz CT molecular complexity index is 658. The van der Waals surface area contributed by atoms with E-state index in [0.29, 0.717) is 13.1 Å². The summed E-state index contributed by atoms with van der Waals surface area (Å²) in [4.78, 5) is 18.3. The lowest BCUT2D eigenvalue weighted by Gasteiger charge is -2.21. The Hall–Kier alpha value is -2.21. The zero-order valence-corrected chi connectivity index (χ0v) is 13.2. The minimum absolute atomic E-state index is 0.0839. The Morgan fingerprint density at radius 2 is 2.22 bits per heavy atom. The number of benzene rings is 1. The Morgan fingerprint density at radius 1 is 1.43 bits per heavy atom. The molecule has 1 aliphatic heterocycles. The molecule has 6 heteroatoms. The van der Waals surface area contributed by atoms with E-state index in [0.717, 1.165) is 5.82 Å². The van der Waals surface area contributed by atoms with Gasteiger partial charge in [-0.05, 0) is 5.56 Å². The summed E-state index contributed by atoms with van der Waals surface area (Å²) in [6.45, 7) is 1.38. The van der Waals surface area contributed by atoms with Crippen LogP contribution in [0.1, 0.15) is 17.8 Å². The van der Waals surface area contributed by atoms with Gasteiger partial charge < -0.3 is 14.8 Å². The molecule has 2 aromatic rings. The van der Waals surface area contributed by atoms with Crippen LogP contribution in [0.2, 0.25) is 0 Å². The molecule has 0 radical (unpaired) electrons. The van der Waals surface area contributed by atoms with Gasteiger partial charge in [-0.25, -0.2) is 9.37 Å². The van der Waals surface area contributed by atoms with Gasteiger partial charge in [0.15, 0.2) is 0 Å². The van der Waals surface area contributed by atoms with E-state index in [2.05, 4.69) is 22.4 Å². The number of amides is 1. The van der Waals surface area contributed by atoms with Crippen LogP contribution in [-0.4, -0.2) is 46.2 Å². The zero-order valence-electron chi connectivity index (χ0n) is 13.2. The largest absolute Gasteiger partial charge is 0.337 e. The standard InChI is InChI=1S/C17H21FN4O/c1-21(17(23)15-9-14(18)10-20-15)12-16-19-7-8-22(16)11-13-5-3-2-4-6-13/h2-8,14-15,20H,9-12H2,1H3/t14-,15+/m0/s1. The average Bonchev–Trinajstić information content (AvgIpc) is 3.17. The van der Waals surface area contributed by atoms with E-state index in [-0.39, 0.29) is 18.9 Å². The topological polar surface area (TPSA) is 50.2 Å². The fourth-order valence-corrected chi connectivity index (χ4v) is 2.85. The molecule has 1 aromatic heterocycles. The minimum Gasteiger partial charge on any atom is -0.337 e. The number of nitrogens with zero attached hydrogens (tertiary/aromatic N) is 3. The number of carbonyl (C=O) groups excluding carboxylic acids is 1. The van der Waals surface area contributed by atoms with Crippen LogP contribution >= 0.6 is 0 Å². The molecule has 0 unspecified atom stereocenters. The highest BCUT2D eigenvalue weighted by Gasteiger charge is 2.31. The van der Waals surface area contributed by atoms with Crippen LogP contribution in [0.4, 0.5) is 4.39 Å². The number of alkyl halides is 1. The summed E-state index contributed by atoms with van der Waals surface area (Å²) in [5, 5.41) is 2.93. The monoisotopic (exact) mass is 316 g/mol. The molecule has 0 saturated carbocycles. The number of hydrogen-bond acceptors (Lipinski definition) is 3. The number of imidazole rings is 1. The van der Waals surface area contributed by atoms with Crippen LogP contribution in [0.3, 0.4) is 0 Å². The smallest absolute Gasteiger partial charge is 0.239 e. The average molecular weight is 316 g/mol. The van der Waals surface area contributed by atoms with Gasteiger partial charge in [-0.1, -0.05) is 30.3 Å². The first-order valence-corrected chi connectivity index (χ1v) is 7.80. The van der Waals surface area contributed by atoms with Gasteiger partial charge in [0.1, 0.15) is 12.0 Å². The predicted molar refractivity (Wildman–Crippen MR) is 85.5 cm³/mol. The fourth-order valence-electron chi connectivity index (χ4n) is 2.85. The van der Waals surface area contributed by atoms with Crippen LogP contribution < -0.4 is 5.32 Å². The number of nitrogens with one attached hydrogen (secondary N) is 1. The second kappa shape index (κ2) is 6.91. The molecule has 2 atom stereocenters. The van der Waals surface area contributed by atoms with Crippen LogP contribution in [-0.2, 0) is 17.9 Å². The molecule has 5 nitrogen and oxygen atoms in total. The SMILES string of the molecule is CN(Cc1nccn1Cc1ccccc1)C(=O)[C@H]1C[C@H](F)CN1. The fraction of sp³-hybridized carbons (Fsp3) is 0.412. The van der Waals surface area contributed by atoms with Gasteiger partial charge in [-0.3, -0.25) is 4.79 Å². The Morgan fingerprint density at radius 3 is 2.91 bits per heavy atom. The minimum atomic E-state index is -0.933. The van der Waals surface area contributed by atoms with E-state index in [9.17, 15) is 9.18 Å². The molecular formula is C17H21FN4O. The van der Waals surface area contributed by atoms with E-state index in [1.807, 2.05) is 29.0 Å². The second-order valence-corrected chi connectivity index (χ2v) is 5.95. The molecule has 1 N–H and O–H groups in total. The first kappa shape index (κ1) is 15.7. The molecule has 0 spiro atoms. The first-order valence-electron chi connectivity index (χ1n) is 7.80. The van der Waals surface area contributed by atoms with Crippen LogP contribution in [0.5, 0.6) is 0 Å². The quantitative estimate of drug-likeness (QED) is 0.911. The molecular weight excluding hydrogens is 295 g/mol. The summed E-state index contributed by atoms with van der Waals surface area (Å²) < 4.78 is 15.3. The molecule has 23 heavy (non-hydrogen) atoms. The summed E-state index contributed by atoms with van der Waals surface area (Å²) in [7, 11) is 1.73. The van der Waals surface area contributed by atoms with Crippen molar-refractivity contribution in [2.75, 3.05) is 13.6 Å². The molecule has 2 heterocycles. The Balaban J connectivity index is 1.64. The molecule has 0 aliphatic carbocycles. The van der Waals surface area contributed by atoms with Crippen molar-refractivity contribution in [1.29, 1.82) is 0 Å². The molecule has 122 valence electrons. The summed E-state index contributed by atoms with van der Waals surface area (Å²) in [5.41, 5.74) is 1.18.